The van der Waals surface area contributed by atoms with Crippen molar-refractivity contribution in [1.29, 1.82) is 0 Å². The number of nitrogens with zero attached hydrogens (tertiary/aromatic N) is 3. The van der Waals surface area contributed by atoms with Crippen LogP contribution in [0.2, 0.25) is 5.02 Å². The molecule has 0 fully saturated rings. The Morgan fingerprint density at radius 1 is 1.06 bits per heavy atom. The summed E-state index contributed by atoms with van der Waals surface area (Å²) in [5.41, 5.74) is 0. The standard InChI is InChI=1S/C10H8ClFN4/c11-7-1-3-9(14-5-7)16(13)10-4-2-8(12)6-15-10/h1-6H,13H2. The van der Waals surface area contributed by atoms with Crippen LogP contribution in [0, 0.1) is 5.82 Å². The third-order valence-electron chi connectivity index (χ3n) is 1.92. The summed E-state index contributed by atoms with van der Waals surface area (Å²) in [5, 5.41) is 1.76. The fourth-order valence-electron chi connectivity index (χ4n) is 1.14. The summed E-state index contributed by atoms with van der Waals surface area (Å²) in [6.07, 6.45) is 2.56. The van der Waals surface area contributed by atoms with Gasteiger partial charge in [-0.15, -0.1) is 0 Å². The van der Waals surface area contributed by atoms with Crippen molar-refractivity contribution in [3.05, 3.63) is 47.5 Å². The van der Waals surface area contributed by atoms with Crippen LogP contribution >= 0.6 is 11.6 Å². The number of nitrogens with two attached hydrogens (primary N) is 1. The Balaban J connectivity index is 2.28. The van der Waals surface area contributed by atoms with Crippen molar-refractivity contribution < 1.29 is 4.39 Å². The lowest BCUT2D eigenvalue weighted by molar-refractivity contribution is 0.621. The minimum absolute atomic E-state index is 0.399. The number of halogens is 2. The molecule has 0 aliphatic rings. The molecule has 0 atom stereocenters. The Hall–Kier alpha value is -1.72. The van der Waals surface area contributed by atoms with Gasteiger partial charge in [-0.25, -0.2) is 25.2 Å². The van der Waals surface area contributed by atoms with Gasteiger partial charge in [-0.1, -0.05) is 11.6 Å². The molecular formula is C10H8ClFN4. The van der Waals surface area contributed by atoms with Gasteiger partial charge in [0.25, 0.3) is 0 Å². The van der Waals surface area contributed by atoms with Crippen LogP contribution in [0.3, 0.4) is 0 Å². The highest BCUT2D eigenvalue weighted by Crippen LogP contribution is 2.18. The lowest BCUT2D eigenvalue weighted by Crippen LogP contribution is -2.26. The predicted molar refractivity (Wildman–Crippen MR) is 59.8 cm³/mol. The second kappa shape index (κ2) is 4.42. The van der Waals surface area contributed by atoms with E-state index in [1.807, 2.05) is 0 Å². The molecule has 0 spiro atoms. The summed E-state index contributed by atoms with van der Waals surface area (Å²) in [4.78, 5) is 7.84. The van der Waals surface area contributed by atoms with Crippen molar-refractivity contribution in [2.24, 2.45) is 5.84 Å². The van der Waals surface area contributed by atoms with Crippen LogP contribution in [0.1, 0.15) is 0 Å². The first kappa shape index (κ1) is 10.8. The van der Waals surface area contributed by atoms with E-state index in [9.17, 15) is 4.39 Å². The lowest BCUT2D eigenvalue weighted by atomic mass is 10.4. The van der Waals surface area contributed by atoms with Gasteiger partial charge in [0.1, 0.15) is 17.5 Å². The molecule has 0 aliphatic heterocycles. The van der Waals surface area contributed by atoms with Crippen LogP contribution in [0.15, 0.2) is 36.7 Å². The molecule has 0 amide bonds. The number of hydrazine groups is 1. The Kier molecular flexibility index (Phi) is 2.98. The second-order valence-corrected chi connectivity index (χ2v) is 3.48. The highest BCUT2D eigenvalue weighted by Gasteiger charge is 2.07. The number of pyridine rings is 2. The first-order valence-electron chi connectivity index (χ1n) is 4.45. The number of anilines is 2. The minimum atomic E-state index is -0.416. The largest absolute Gasteiger partial charge is 0.244 e. The molecule has 0 saturated heterocycles. The monoisotopic (exact) mass is 238 g/mol. The van der Waals surface area contributed by atoms with Crippen molar-refractivity contribution >= 4 is 23.2 Å². The van der Waals surface area contributed by atoms with Gasteiger partial charge in [-0.05, 0) is 24.3 Å². The lowest BCUT2D eigenvalue weighted by Gasteiger charge is -2.15. The molecule has 0 saturated carbocycles. The zero-order valence-electron chi connectivity index (χ0n) is 8.14. The summed E-state index contributed by atoms with van der Waals surface area (Å²) in [5.74, 6) is 6.22. The fraction of sp³-hybridized carbons (Fsp3) is 0. The smallest absolute Gasteiger partial charge is 0.148 e. The number of hydrogen-bond donors (Lipinski definition) is 1. The van der Waals surface area contributed by atoms with Gasteiger partial charge in [-0.3, -0.25) is 0 Å². The average molecular weight is 239 g/mol. The van der Waals surface area contributed by atoms with Crippen molar-refractivity contribution in [2.75, 3.05) is 5.01 Å². The Bertz CT molecular complexity index is 426. The van der Waals surface area contributed by atoms with Gasteiger partial charge in [0.2, 0.25) is 0 Å². The van der Waals surface area contributed by atoms with Crippen molar-refractivity contribution in [3.63, 3.8) is 0 Å². The van der Waals surface area contributed by atoms with Crippen LogP contribution in [-0.4, -0.2) is 9.97 Å². The van der Waals surface area contributed by atoms with Crippen LogP contribution in [0.5, 0.6) is 0 Å². The Morgan fingerprint density at radius 3 is 2.19 bits per heavy atom. The molecule has 2 aromatic rings. The van der Waals surface area contributed by atoms with Crippen LogP contribution in [-0.2, 0) is 0 Å². The van der Waals surface area contributed by atoms with E-state index < -0.39 is 5.82 Å². The van der Waals surface area contributed by atoms with E-state index in [0.717, 1.165) is 6.20 Å². The summed E-state index contributed by atoms with van der Waals surface area (Å²) < 4.78 is 12.7. The summed E-state index contributed by atoms with van der Waals surface area (Å²) in [6, 6.07) is 6.05. The highest BCUT2D eigenvalue weighted by molar-refractivity contribution is 6.30. The zero-order chi connectivity index (χ0) is 11.5. The van der Waals surface area contributed by atoms with Crippen LogP contribution in [0.25, 0.3) is 0 Å². The van der Waals surface area contributed by atoms with E-state index in [1.165, 1.54) is 23.3 Å². The van der Waals surface area contributed by atoms with Gasteiger partial charge < -0.3 is 0 Å². The first-order valence-corrected chi connectivity index (χ1v) is 4.82. The van der Waals surface area contributed by atoms with Crippen molar-refractivity contribution in [3.8, 4) is 0 Å². The molecule has 0 aliphatic carbocycles. The molecule has 2 heterocycles. The van der Waals surface area contributed by atoms with Gasteiger partial charge in [-0.2, -0.15) is 0 Å². The average Bonchev–Trinajstić information content (AvgIpc) is 2.30. The maximum absolute atomic E-state index is 12.7. The third kappa shape index (κ3) is 2.26. The second-order valence-electron chi connectivity index (χ2n) is 3.04. The quantitative estimate of drug-likeness (QED) is 0.644. The molecule has 0 unspecified atom stereocenters. The van der Waals surface area contributed by atoms with Crippen molar-refractivity contribution in [1.82, 2.24) is 9.97 Å². The molecule has 2 N–H and O–H groups in total. The fourth-order valence-corrected chi connectivity index (χ4v) is 1.25. The normalized spacial score (nSPS) is 10.2. The van der Waals surface area contributed by atoms with E-state index >= 15 is 0 Å². The Labute approximate surface area is 96.5 Å². The minimum Gasteiger partial charge on any atom is -0.244 e. The van der Waals surface area contributed by atoms with Crippen LogP contribution < -0.4 is 10.9 Å². The van der Waals surface area contributed by atoms with E-state index in [4.69, 9.17) is 17.4 Å². The van der Waals surface area contributed by atoms with Crippen LogP contribution in [0.4, 0.5) is 16.0 Å². The molecule has 2 aromatic heterocycles. The predicted octanol–water partition coefficient (Wildman–Crippen LogP) is 2.28. The molecule has 0 radical (unpaired) electrons. The molecule has 0 aromatic carbocycles. The summed E-state index contributed by atoms with van der Waals surface area (Å²) in [7, 11) is 0. The molecule has 16 heavy (non-hydrogen) atoms. The molecule has 82 valence electrons. The number of rotatable bonds is 2. The van der Waals surface area contributed by atoms with E-state index in [0.29, 0.717) is 16.7 Å². The molecule has 4 nitrogen and oxygen atoms in total. The van der Waals surface area contributed by atoms with Gasteiger partial charge in [0, 0.05) is 6.20 Å². The third-order valence-corrected chi connectivity index (χ3v) is 2.14. The SMILES string of the molecule is NN(c1ccc(F)cn1)c1ccc(Cl)cn1. The van der Waals surface area contributed by atoms with E-state index in [2.05, 4.69) is 9.97 Å². The summed E-state index contributed by atoms with van der Waals surface area (Å²) >= 11 is 5.70. The molecular weight excluding hydrogens is 231 g/mol. The van der Waals surface area contributed by atoms with E-state index in [-0.39, 0.29) is 0 Å². The maximum Gasteiger partial charge on any atom is 0.148 e. The highest BCUT2D eigenvalue weighted by atomic mass is 35.5. The number of aromatic nitrogens is 2. The maximum atomic E-state index is 12.7. The number of hydrogen-bond acceptors (Lipinski definition) is 4. The summed E-state index contributed by atoms with van der Waals surface area (Å²) in [6.45, 7) is 0. The zero-order valence-corrected chi connectivity index (χ0v) is 8.89. The van der Waals surface area contributed by atoms with Crippen molar-refractivity contribution in [2.45, 2.75) is 0 Å². The van der Waals surface area contributed by atoms with Gasteiger partial charge >= 0.3 is 0 Å². The molecule has 2 rings (SSSR count). The van der Waals surface area contributed by atoms with Gasteiger partial charge in [0.05, 0.1) is 11.2 Å². The topological polar surface area (TPSA) is 55.0 Å². The molecule has 6 heteroatoms. The van der Waals surface area contributed by atoms with Gasteiger partial charge in [0.15, 0.2) is 0 Å². The van der Waals surface area contributed by atoms with E-state index in [1.54, 1.807) is 12.1 Å². The molecule has 0 bridgehead atoms. The Morgan fingerprint density at radius 2 is 1.69 bits per heavy atom. The first-order chi connectivity index (χ1) is 7.66.